The van der Waals surface area contributed by atoms with Crippen LogP contribution >= 0.6 is 0 Å². The molecular weight excluding hydrogens is 404 g/mol. The Morgan fingerprint density at radius 3 is 1.61 bits per heavy atom. The predicted molar refractivity (Wildman–Crippen MR) is 116 cm³/mol. The molecular formula is C23H30O8. The molecule has 8 nitrogen and oxygen atoms in total. The maximum absolute atomic E-state index is 12.3. The predicted octanol–water partition coefficient (Wildman–Crippen LogP) is 5.79. The summed E-state index contributed by atoms with van der Waals surface area (Å²) in [6.07, 6.45) is -2.49. The van der Waals surface area contributed by atoms with Gasteiger partial charge in [0.05, 0.1) is 25.4 Å². The van der Waals surface area contributed by atoms with Gasteiger partial charge in [0.15, 0.2) is 11.5 Å². The van der Waals surface area contributed by atoms with Crippen LogP contribution in [0.5, 0.6) is 23.0 Å². The van der Waals surface area contributed by atoms with Gasteiger partial charge in [0.25, 0.3) is 0 Å². The second-order valence-corrected chi connectivity index (χ2v) is 7.27. The monoisotopic (exact) mass is 434 g/mol. The number of ether oxygens (including phenoxy) is 6. The molecule has 8 heteroatoms. The first-order valence-corrected chi connectivity index (χ1v) is 10.3. The van der Waals surface area contributed by atoms with Crippen LogP contribution in [0.2, 0.25) is 0 Å². The molecule has 0 aliphatic heterocycles. The molecule has 0 saturated heterocycles. The molecule has 0 heterocycles. The lowest BCUT2D eigenvalue weighted by molar-refractivity contribution is 0.0693. The Kier molecular flexibility index (Phi) is 8.36. The van der Waals surface area contributed by atoms with Crippen molar-refractivity contribution in [1.29, 1.82) is 0 Å². The van der Waals surface area contributed by atoms with Crippen molar-refractivity contribution < 1.29 is 38.0 Å². The van der Waals surface area contributed by atoms with E-state index in [1.165, 1.54) is 0 Å². The lowest BCUT2D eigenvalue weighted by Gasteiger charge is -2.21. The summed E-state index contributed by atoms with van der Waals surface area (Å²) in [4.78, 5) is 24.6. The summed E-state index contributed by atoms with van der Waals surface area (Å²) in [7, 11) is 0. The zero-order valence-corrected chi connectivity index (χ0v) is 19.1. The van der Waals surface area contributed by atoms with E-state index in [9.17, 15) is 9.59 Å². The van der Waals surface area contributed by atoms with E-state index in [0.29, 0.717) is 10.8 Å². The molecule has 31 heavy (non-hydrogen) atoms. The third-order valence-electron chi connectivity index (χ3n) is 3.90. The van der Waals surface area contributed by atoms with E-state index in [1.54, 1.807) is 53.7 Å². The molecule has 0 N–H and O–H groups in total. The minimum Gasteiger partial charge on any atom is -0.487 e. The van der Waals surface area contributed by atoms with Gasteiger partial charge in [-0.25, -0.2) is 9.59 Å². The van der Waals surface area contributed by atoms with Crippen molar-refractivity contribution in [3.63, 3.8) is 0 Å². The maximum Gasteiger partial charge on any atom is 0.514 e. The van der Waals surface area contributed by atoms with Gasteiger partial charge in [-0.3, -0.25) is 0 Å². The van der Waals surface area contributed by atoms with Gasteiger partial charge in [0.2, 0.25) is 11.5 Å². The first-order chi connectivity index (χ1) is 14.7. The number of rotatable bonds is 8. The van der Waals surface area contributed by atoms with Gasteiger partial charge in [0, 0.05) is 10.8 Å². The highest BCUT2D eigenvalue weighted by Crippen LogP contribution is 2.51. The molecule has 0 atom stereocenters. The van der Waals surface area contributed by atoms with Gasteiger partial charge in [-0.05, 0) is 54.5 Å². The van der Waals surface area contributed by atoms with Crippen molar-refractivity contribution in [3.05, 3.63) is 23.8 Å². The highest BCUT2D eigenvalue weighted by atomic mass is 16.7. The maximum atomic E-state index is 12.3. The standard InChI is InChI=1S/C23H30O8/c1-8-26-20-18(30-22(24)28-13(3)4)16-11-10-15(7)12-17(16)19(21(20)27-9-2)31-23(25)29-14(5)6/h10-14H,8-9H2,1-7H3. The minimum atomic E-state index is -0.881. The van der Waals surface area contributed by atoms with E-state index in [0.717, 1.165) is 5.56 Å². The van der Waals surface area contributed by atoms with Crippen LogP contribution < -0.4 is 18.9 Å². The second-order valence-electron chi connectivity index (χ2n) is 7.27. The fourth-order valence-electron chi connectivity index (χ4n) is 2.85. The molecule has 0 amide bonds. The third kappa shape index (κ3) is 6.16. The van der Waals surface area contributed by atoms with E-state index >= 15 is 0 Å². The Bertz CT molecular complexity index is 933. The molecule has 0 radical (unpaired) electrons. The first kappa shape index (κ1) is 24.1. The first-order valence-electron chi connectivity index (χ1n) is 10.3. The van der Waals surface area contributed by atoms with Gasteiger partial charge in [-0.2, -0.15) is 0 Å². The topological polar surface area (TPSA) is 89.5 Å². The number of aryl methyl sites for hydroxylation is 1. The van der Waals surface area contributed by atoms with Crippen LogP contribution in [0.1, 0.15) is 47.1 Å². The fraction of sp³-hybridized carbons (Fsp3) is 0.478. The molecule has 0 spiro atoms. The molecule has 0 bridgehead atoms. The fourth-order valence-corrected chi connectivity index (χ4v) is 2.85. The van der Waals surface area contributed by atoms with Crippen LogP contribution in [0.3, 0.4) is 0 Å². The lowest BCUT2D eigenvalue weighted by atomic mass is 10.0. The van der Waals surface area contributed by atoms with Gasteiger partial charge in [-0.15, -0.1) is 0 Å². The van der Waals surface area contributed by atoms with Crippen LogP contribution in [0.25, 0.3) is 10.8 Å². The zero-order valence-electron chi connectivity index (χ0n) is 19.1. The lowest BCUT2D eigenvalue weighted by Crippen LogP contribution is -2.18. The Balaban J connectivity index is 2.77. The summed E-state index contributed by atoms with van der Waals surface area (Å²) in [5, 5.41) is 0.991. The number of hydrogen-bond acceptors (Lipinski definition) is 8. The summed E-state index contributed by atoms with van der Waals surface area (Å²) >= 11 is 0. The zero-order chi connectivity index (χ0) is 23.1. The number of carbonyl (C=O) groups is 2. The molecule has 0 saturated carbocycles. The molecule has 2 aromatic carbocycles. The van der Waals surface area contributed by atoms with Crippen LogP contribution in [-0.4, -0.2) is 37.7 Å². The van der Waals surface area contributed by atoms with E-state index in [4.69, 9.17) is 28.4 Å². The quantitative estimate of drug-likeness (QED) is 0.381. The van der Waals surface area contributed by atoms with Crippen molar-refractivity contribution in [2.45, 2.75) is 60.7 Å². The Morgan fingerprint density at radius 1 is 0.742 bits per heavy atom. The molecule has 0 fully saturated rings. The Labute approximate surface area is 182 Å². The van der Waals surface area contributed by atoms with Crippen LogP contribution in [-0.2, 0) is 9.47 Å². The molecule has 0 unspecified atom stereocenters. The number of carbonyl (C=O) groups excluding carboxylic acids is 2. The molecule has 0 aromatic heterocycles. The summed E-state index contributed by atoms with van der Waals surface area (Å²) in [5.74, 6) is 0.513. The van der Waals surface area contributed by atoms with E-state index in [2.05, 4.69) is 0 Å². The van der Waals surface area contributed by atoms with Crippen molar-refractivity contribution in [1.82, 2.24) is 0 Å². The van der Waals surface area contributed by atoms with Gasteiger partial charge in [-0.1, -0.05) is 17.7 Å². The molecule has 0 aliphatic rings. The summed E-state index contributed by atoms with van der Waals surface area (Å²) in [6.45, 7) is 12.8. The molecule has 2 rings (SSSR count). The Hall–Kier alpha value is -3.16. The number of fused-ring (bicyclic) bond motifs is 1. The molecule has 2 aromatic rings. The van der Waals surface area contributed by atoms with Crippen LogP contribution in [0.15, 0.2) is 18.2 Å². The van der Waals surface area contributed by atoms with Gasteiger partial charge >= 0.3 is 12.3 Å². The Morgan fingerprint density at radius 2 is 1.19 bits per heavy atom. The smallest absolute Gasteiger partial charge is 0.487 e. The van der Waals surface area contributed by atoms with Crippen molar-refractivity contribution in [2.75, 3.05) is 13.2 Å². The van der Waals surface area contributed by atoms with E-state index < -0.39 is 12.3 Å². The van der Waals surface area contributed by atoms with Gasteiger partial charge in [0.1, 0.15) is 0 Å². The average Bonchev–Trinajstić information content (AvgIpc) is 2.66. The molecule has 170 valence electrons. The number of hydrogen-bond donors (Lipinski definition) is 0. The number of benzene rings is 2. The highest BCUT2D eigenvalue weighted by molar-refractivity contribution is 6.01. The van der Waals surface area contributed by atoms with Crippen molar-refractivity contribution >= 4 is 23.1 Å². The van der Waals surface area contributed by atoms with E-state index in [1.807, 2.05) is 13.0 Å². The molecule has 0 aliphatic carbocycles. The third-order valence-corrected chi connectivity index (χ3v) is 3.90. The second kappa shape index (κ2) is 10.7. The van der Waals surface area contributed by atoms with Crippen LogP contribution in [0, 0.1) is 6.92 Å². The summed E-state index contributed by atoms with van der Waals surface area (Å²) in [6, 6.07) is 5.39. The van der Waals surface area contributed by atoms with Crippen LogP contribution in [0.4, 0.5) is 9.59 Å². The van der Waals surface area contributed by atoms with Crippen molar-refractivity contribution in [3.8, 4) is 23.0 Å². The van der Waals surface area contributed by atoms with Crippen molar-refractivity contribution in [2.24, 2.45) is 0 Å². The average molecular weight is 434 g/mol. The largest absolute Gasteiger partial charge is 0.514 e. The minimum absolute atomic E-state index is 0.121. The summed E-state index contributed by atoms with van der Waals surface area (Å²) in [5.41, 5.74) is 0.900. The normalized spacial score (nSPS) is 10.9. The SMILES string of the molecule is CCOc1c(OCC)c(OC(=O)OC(C)C)c2cc(C)ccc2c1OC(=O)OC(C)C. The van der Waals surface area contributed by atoms with Gasteiger partial charge < -0.3 is 28.4 Å². The van der Waals surface area contributed by atoms with E-state index in [-0.39, 0.29) is 48.4 Å². The summed E-state index contributed by atoms with van der Waals surface area (Å²) < 4.78 is 32.9. The highest BCUT2D eigenvalue weighted by Gasteiger charge is 2.28.